The van der Waals surface area contributed by atoms with Gasteiger partial charge in [0.2, 0.25) is 5.88 Å². The molecule has 2 aliphatic rings. The number of hydrogen-bond donors (Lipinski definition) is 1. The van der Waals surface area contributed by atoms with E-state index in [9.17, 15) is 10.1 Å². The molecule has 0 aromatic heterocycles. The number of allylic oxidation sites excluding steroid dienone is 3. The third-order valence-electron chi connectivity index (χ3n) is 4.94. The van der Waals surface area contributed by atoms with E-state index in [0.29, 0.717) is 29.7 Å². The van der Waals surface area contributed by atoms with E-state index < -0.39 is 5.92 Å². The van der Waals surface area contributed by atoms with Crippen LogP contribution in [0.4, 0.5) is 0 Å². The lowest BCUT2D eigenvalue weighted by atomic mass is 9.70. The van der Waals surface area contributed by atoms with Crippen molar-refractivity contribution in [2.24, 2.45) is 11.1 Å². The summed E-state index contributed by atoms with van der Waals surface area (Å²) in [6.45, 7) is 8.15. The number of aryl methyl sites for hydroxylation is 2. The lowest BCUT2D eigenvalue weighted by Crippen LogP contribution is -2.33. The van der Waals surface area contributed by atoms with Crippen molar-refractivity contribution in [1.29, 1.82) is 5.26 Å². The Morgan fingerprint density at radius 2 is 1.96 bits per heavy atom. The predicted octanol–water partition coefficient (Wildman–Crippen LogP) is 3.75. The average molecular weight is 322 g/mol. The minimum absolute atomic E-state index is 0.0460. The molecule has 0 bridgehead atoms. The molecule has 4 heteroatoms. The summed E-state index contributed by atoms with van der Waals surface area (Å²) in [7, 11) is 0. The zero-order chi connectivity index (χ0) is 17.6. The molecule has 124 valence electrons. The molecule has 3 rings (SSSR count). The molecule has 24 heavy (non-hydrogen) atoms. The van der Waals surface area contributed by atoms with Gasteiger partial charge in [-0.05, 0) is 36.0 Å². The SMILES string of the molecule is Cc1ccc(C2C(C#N)=C(N)OC3=C2C(=O)CC(C)(C)C3)cc1C. The van der Waals surface area contributed by atoms with Crippen LogP contribution in [0.1, 0.15) is 49.3 Å². The van der Waals surface area contributed by atoms with Gasteiger partial charge < -0.3 is 10.5 Å². The van der Waals surface area contributed by atoms with Gasteiger partial charge in [0.1, 0.15) is 17.4 Å². The summed E-state index contributed by atoms with van der Waals surface area (Å²) in [5, 5.41) is 9.59. The molecule has 0 saturated heterocycles. The number of Topliss-reactive ketones (excluding diaryl/α,β-unsaturated/α-hetero) is 1. The van der Waals surface area contributed by atoms with Crippen LogP contribution in [0.2, 0.25) is 0 Å². The number of benzene rings is 1. The fraction of sp³-hybridized carbons (Fsp3) is 0.400. The zero-order valence-corrected chi connectivity index (χ0v) is 14.6. The van der Waals surface area contributed by atoms with Crippen LogP contribution < -0.4 is 5.73 Å². The Balaban J connectivity index is 2.20. The van der Waals surface area contributed by atoms with Crippen LogP contribution in [0.5, 0.6) is 0 Å². The highest BCUT2D eigenvalue weighted by Crippen LogP contribution is 2.47. The molecule has 1 aromatic rings. The topological polar surface area (TPSA) is 76.1 Å². The van der Waals surface area contributed by atoms with E-state index in [0.717, 1.165) is 11.1 Å². The molecule has 0 amide bonds. The molecular formula is C20H22N2O2. The van der Waals surface area contributed by atoms with Gasteiger partial charge in [0, 0.05) is 18.4 Å². The summed E-state index contributed by atoms with van der Waals surface area (Å²) in [6.07, 6.45) is 1.10. The minimum atomic E-state index is -0.429. The molecule has 1 aromatic carbocycles. The highest BCUT2D eigenvalue weighted by molar-refractivity contribution is 6.00. The highest BCUT2D eigenvalue weighted by Gasteiger charge is 2.42. The van der Waals surface area contributed by atoms with Gasteiger partial charge in [-0.2, -0.15) is 5.26 Å². The van der Waals surface area contributed by atoms with E-state index in [1.165, 1.54) is 5.56 Å². The van der Waals surface area contributed by atoms with Gasteiger partial charge in [-0.3, -0.25) is 4.79 Å². The maximum absolute atomic E-state index is 12.8. The third-order valence-corrected chi connectivity index (χ3v) is 4.94. The molecule has 0 radical (unpaired) electrons. The first-order chi connectivity index (χ1) is 11.2. The van der Waals surface area contributed by atoms with E-state index in [2.05, 4.69) is 6.07 Å². The third kappa shape index (κ3) is 2.60. The minimum Gasteiger partial charge on any atom is -0.444 e. The van der Waals surface area contributed by atoms with E-state index in [-0.39, 0.29) is 17.1 Å². The Bertz CT molecular complexity index is 838. The smallest absolute Gasteiger partial charge is 0.205 e. The summed E-state index contributed by atoms with van der Waals surface area (Å²) >= 11 is 0. The molecule has 0 saturated carbocycles. The first-order valence-corrected chi connectivity index (χ1v) is 8.14. The van der Waals surface area contributed by atoms with Crippen LogP contribution in [-0.4, -0.2) is 5.78 Å². The van der Waals surface area contributed by atoms with Crippen molar-refractivity contribution in [2.45, 2.75) is 46.5 Å². The maximum Gasteiger partial charge on any atom is 0.205 e. The van der Waals surface area contributed by atoms with Crippen LogP contribution in [0.3, 0.4) is 0 Å². The Morgan fingerprint density at radius 3 is 2.58 bits per heavy atom. The number of rotatable bonds is 1. The number of nitriles is 1. The van der Waals surface area contributed by atoms with Gasteiger partial charge in [0.05, 0.1) is 5.92 Å². The second-order valence-electron chi connectivity index (χ2n) is 7.55. The lowest BCUT2D eigenvalue weighted by Gasteiger charge is -2.37. The molecular weight excluding hydrogens is 300 g/mol. The first-order valence-electron chi connectivity index (χ1n) is 8.14. The van der Waals surface area contributed by atoms with Gasteiger partial charge >= 0.3 is 0 Å². The molecule has 0 fully saturated rings. The van der Waals surface area contributed by atoms with Gasteiger partial charge in [-0.1, -0.05) is 32.0 Å². The van der Waals surface area contributed by atoms with Crippen molar-refractivity contribution in [3.05, 3.63) is 57.7 Å². The lowest BCUT2D eigenvalue weighted by molar-refractivity contribution is -0.119. The van der Waals surface area contributed by atoms with Crippen molar-refractivity contribution in [2.75, 3.05) is 0 Å². The van der Waals surface area contributed by atoms with E-state index in [1.807, 2.05) is 45.9 Å². The van der Waals surface area contributed by atoms with Crippen LogP contribution in [0.25, 0.3) is 0 Å². The summed E-state index contributed by atoms with van der Waals surface area (Å²) in [4.78, 5) is 12.8. The number of carbonyl (C=O) groups excluding carboxylic acids is 1. The molecule has 1 atom stereocenters. The van der Waals surface area contributed by atoms with Crippen molar-refractivity contribution in [3.63, 3.8) is 0 Å². The molecule has 1 aliphatic heterocycles. The second kappa shape index (κ2) is 5.52. The van der Waals surface area contributed by atoms with Crippen molar-refractivity contribution in [1.82, 2.24) is 0 Å². The largest absolute Gasteiger partial charge is 0.444 e. The fourth-order valence-corrected chi connectivity index (χ4v) is 3.56. The van der Waals surface area contributed by atoms with Crippen LogP contribution in [0.15, 0.2) is 41.0 Å². The van der Waals surface area contributed by atoms with Gasteiger partial charge in [0.15, 0.2) is 5.78 Å². The monoisotopic (exact) mass is 322 g/mol. The number of hydrogen-bond acceptors (Lipinski definition) is 4. The number of nitrogens with two attached hydrogens (primary N) is 1. The first kappa shape index (κ1) is 16.3. The molecule has 1 heterocycles. The Hall–Kier alpha value is -2.54. The molecule has 1 aliphatic carbocycles. The van der Waals surface area contributed by atoms with E-state index >= 15 is 0 Å². The van der Waals surface area contributed by atoms with Crippen LogP contribution in [0, 0.1) is 30.6 Å². The molecule has 0 spiro atoms. The van der Waals surface area contributed by atoms with Gasteiger partial charge in [-0.15, -0.1) is 0 Å². The van der Waals surface area contributed by atoms with Gasteiger partial charge in [0.25, 0.3) is 0 Å². The number of ether oxygens (including phenoxy) is 1. The van der Waals surface area contributed by atoms with Crippen LogP contribution in [-0.2, 0) is 9.53 Å². The molecule has 4 nitrogen and oxygen atoms in total. The van der Waals surface area contributed by atoms with Crippen molar-refractivity contribution >= 4 is 5.78 Å². The van der Waals surface area contributed by atoms with E-state index in [1.54, 1.807) is 0 Å². The summed E-state index contributed by atoms with van der Waals surface area (Å²) in [5.41, 5.74) is 10.00. The van der Waals surface area contributed by atoms with Gasteiger partial charge in [-0.25, -0.2) is 0 Å². The van der Waals surface area contributed by atoms with Crippen molar-refractivity contribution < 1.29 is 9.53 Å². The highest BCUT2D eigenvalue weighted by atomic mass is 16.5. The van der Waals surface area contributed by atoms with Crippen LogP contribution >= 0.6 is 0 Å². The van der Waals surface area contributed by atoms with E-state index in [4.69, 9.17) is 10.5 Å². The number of nitrogens with zero attached hydrogens (tertiary/aromatic N) is 1. The zero-order valence-electron chi connectivity index (χ0n) is 14.6. The number of carbonyl (C=O) groups is 1. The normalized spacial score (nSPS) is 22.8. The summed E-state index contributed by atoms with van der Waals surface area (Å²) in [5.74, 6) is 0.354. The quantitative estimate of drug-likeness (QED) is 0.854. The second-order valence-corrected chi connectivity index (χ2v) is 7.55. The Labute approximate surface area is 142 Å². The molecule has 1 unspecified atom stereocenters. The average Bonchev–Trinajstić information content (AvgIpc) is 2.47. The standard InChI is InChI=1S/C20H22N2O2/c1-11-5-6-13(7-12(11)2)17-14(10-21)19(22)24-16-9-20(3,4)8-15(23)18(16)17/h5-7,17H,8-9,22H2,1-4H3. The number of ketones is 1. The predicted molar refractivity (Wildman–Crippen MR) is 91.6 cm³/mol. The maximum atomic E-state index is 12.8. The summed E-state index contributed by atoms with van der Waals surface area (Å²) < 4.78 is 5.70. The van der Waals surface area contributed by atoms with Crippen molar-refractivity contribution in [3.8, 4) is 6.07 Å². The Morgan fingerprint density at radius 1 is 1.25 bits per heavy atom. The fourth-order valence-electron chi connectivity index (χ4n) is 3.56. The molecule has 2 N–H and O–H groups in total. The summed E-state index contributed by atoms with van der Waals surface area (Å²) in [6, 6.07) is 8.18. The Kier molecular flexibility index (Phi) is 3.76.